The van der Waals surface area contributed by atoms with Crippen molar-refractivity contribution in [2.24, 2.45) is 51.4 Å². The maximum atomic E-state index is 14.2. The first kappa shape index (κ1) is 33.8. The molecule has 0 amide bonds. The Balaban J connectivity index is 0.00000400. The van der Waals surface area contributed by atoms with Crippen molar-refractivity contribution in [1.82, 2.24) is 0 Å². The maximum absolute atomic E-state index is 14.2. The number of ether oxygens (including phenoxy) is 6. The number of esters is 5. The first-order valence-corrected chi connectivity index (χ1v) is 15.2. The molecule has 2 spiro atoms. The van der Waals surface area contributed by atoms with Crippen LogP contribution in [0, 0.1) is 39.9 Å². The van der Waals surface area contributed by atoms with Gasteiger partial charge in [-0.2, -0.15) is 0 Å². The molecule has 15 heteroatoms. The van der Waals surface area contributed by atoms with Crippen molar-refractivity contribution < 1.29 is 57.5 Å². The summed E-state index contributed by atoms with van der Waals surface area (Å²) in [5.74, 6) is -7.32. The van der Waals surface area contributed by atoms with E-state index < -0.39 is 112 Å². The van der Waals surface area contributed by atoms with Gasteiger partial charge in [0.05, 0.1) is 5.92 Å². The minimum absolute atomic E-state index is 0. The Hall–Kier alpha value is -2.52. The normalized spacial score (nSPS) is 45.2. The van der Waals surface area contributed by atoms with E-state index in [0.717, 1.165) is 0 Å². The van der Waals surface area contributed by atoms with Crippen LogP contribution in [0.25, 0.3) is 0 Å². The lowest BCUT2D eigenvalue weighted by Crippen LogP contribution is -2.68. The minimum Gasteiger partial charge on any atom is -0.459 e. The van der Waals surface area contributed by atoms with Gasteiger partial charge in [-0.15, -0.1) is 12.4 Å². The Kier molecular flexibility index (Phi) is 7.51. The first-order chi connectivity index (χ1) is 20.3. The molecule has 0 aromatic heterocycles. The van der Waals surface area contributed by atoms with Crippen molar-refractivity contribution in [2.75, 3.05) is 0 Å². The van der Waals surface area contributed by atoms with Crippen molar-refractivity contribution in [2.45, 2.75) is 116 Å². The second kappa shape index (κ2) is 9.99. The highest BCUT2D eigenvalue weighted by Crippen LogP contribution is 2.85. The van der Waals surface area contributed by atoms with E-state index in [-0.39, 0.29) is 30.7 Å². The molecule has 0 aromatic rings. The summed E-state index contributed by atoms with van der Waals surface area (Å²) in [4.78, 5) is 68.1. The van der Waals surface area contributed by atoms with E-state index in [2.05, 4.69) is 0 Å². The summed E-state index contributed by atoms with van der Waals surface area (Å²) in [5.41, 5.74) is 3.12. The molecule has 14 nitrogen and oxygen atoms in total. The van der Waals surface area contributed by atoms with Gasteiger partial charge in [0.1, 0.15) is 29.0 Å². The molecule has 6 fully saturated rings. The highest BCUT2D eigenvalue weighted by atomic mass is 35.5. The first-order valence-electron chi connectivity index (χ1n) is 15.2. The van der Waals surface area contributed by atoms with Crippen LogP contribution in [0.3, 0.4) is 0 Å². The fraction of sp³-hybridized carbons (Fsp3) is 0.833. The van der Waals surface area contributed by atoms with Gasteiger partial charge in [-0.25, -0.2) is 9.59 Å². The lowest BCUT2D eigenvalue weighted by atomic mass is 9.51. The fourth-order valence-corrected chi connectivity index (χ4v) is 9.30. The molecule has 6 rings (SSSR count). The molecule has 5 N–H and O–H groups in total. The third-order valence-corrected chi connectivity index (χ3v) is 11.4. The van der Waals surface area contributed by atoms with E-state index in [1.807, 2.05) is 20.8 Å². The second-order valence-corrected chi connectivity index (χ2v) is 15.0. The summed E-state index contributed by atoms with van der Waals surface area (Å²) >= 11 is 0. The molecule has 0 aromatic carbocycles. The molecule has 45 heavy (non-hydrogen) atoms. The lowest BCUT2D eigenvalue weighted by Gasteiger charge is -2.48. The fourth-order valence-electron chi connectivity index (χ4n) is 9.30. The summed E-state index contributed by atoms with van der Waals surface area (Å²) in [6, 6.07) is -2.24. The Morgan fingerprint density at radius 1 is 0.933 bits per heavy atom. The van der Waals surface area contributed by atoms with Crippen molar-refractivity contribution in [1.29, 1.82) is 0 Å². The third kappa shape index (κ3) is 3.52. The number of nitrogens with two attached hydrogens (primary N) is 2. The third-order valence-electron chi connectivity index (χ3n) is 11.4. The molecule has 6 aliphatic rings. The van der Waals surface area contributed by atoms with E-state index in [9.17, 15) is 29.1 Å². The molecular weight excluding hydrogens is 616 g/mol. The van der Waals surface area contributed by atoms with Gasteiger partial charge in [0.25, 0.3) is 0 Å². The Labute approximate surface area is 266 Å². The lowest BCUT2D eigenvalue weighted by molar-refractivity contribution is -0.240. The van der Waals surface area contributed by atoms with Crippen LogP contribution in [-0.4, -0.2) is 88.9 Å². The molecule has 4 aliphatic heterocycles. The van der Waals surface area contributed by atoms with Crippen molar-refractivity contribution in [3.8, 4) is 0 Å². The van der Waals surface area contributed by atoms with Crippen LogP contribution in [0.4, 0.5) is 0 Å². The van der Waals surface area contributed by atoms with Crippen LogP contribution in [0.5, 0.6) is 0 Å². The zero-order valence-corrected chi connectivity index (χ0v) is 27.4. The average Bonchev–Trinajstić information content (AvgIpc) is 3.64. The number of fused-ring (bicyclic) bond motifs is 1. The second-order valence-electron chi connectivity index (χ2n) is 15.0. The molecule has 0 bridgehead atoms. The highest BCUT2D eigenvalue weighted by molar-refractivity contribution is 5.95. The number of hydrogen-bond acceptors (Lipinski definition) is 14. The summed E-state index contributed by atoms with van der Waals surface area (Å²) in [5, 5.41) is 12.6. The molecule has 8 unspecified atom stereocenters. The van der Waals surface area contributed by atoms with Gasteiger partial charge in [0.2, 0.25) is 18.0 Å². The zero-order valence-electron chi connectivity index (χ0n) is 26.6. The van der Waals surface area contributed by atoms with Crippen molar-refractivity contribution >= 4 is 42.3 Å². The van der Waals surface area contributed by atoms with Gasteiger partial charge < -0.3 is 45.0 Å². The number of carbonyl (C=O) groups excluding carboxylic acids is 5. The van der Waals surface area contributed by atoms with Crippen molar-refractivity contribution in [3.63, 3.8) is 0 Å². The number of aliphatic hydroxyl groups is 1. The smallest absolute Gasteiger partial charge is 0.350 e. The predicted molar refractivity (Wildman–Crippen MR) is 153 cm³/mol. The Morgan fingerprint density at radius 3 is 2.02 bits per heavy atom. The maximum Gasteiger partial charge on any atom is 0.350 e. The largest absolute Gasteiger partial charge is 0.459 e. The van der Waals surface area contributed by atoms with Crippen LogP contribution in [0.2, 0.25) is 0 Å². The van der Waals surface area contributed by atoms with Gasteiger partial charge in [-0.05, 0) is 36.5 Å². The molecule has 4 saturated heterocycles. The van der Waals surface area contributed by atoms with E-state index in [1.165, 1.54) is 6.92 Å². The zero-order chi connectivity index (χ0) is 32.7. The number of hydrogen-bond donors (Lipinski definition) is 3. The minimum atomic E-state index is -2.43. The van der Waals surface area contributed by atoms with Gasteiger partial charge in [0.15, 0.2) is 17.8 Å². The quantitative estimate of drug-likeness (QED) is 0.255. The van der Waals surface area contributed by atoms with E-state index in [0.29, 0.717) is 0 Å². The molecule has 252 valence electrons. The Bertz CT molecular complexity index is 1350. The van der Waals surface area contributed by atoms with Gasteiger partial charge in [-0.3, -0.25) is 14.4 Å². The number of carbonyl (C=O) groups is 5. The average molecular weight is 659 g/mol. The number of halogens is 1. The van der Waals surface area contributed by atoms with Gasteiger partial charge in [0, 0.05) is 0 Å². The highest BCUT2D eigenvalue weighted by Gasteiger charge is 3.05. The topological polar surface area (TPSA) is 213 Å². The predicted octanol–water partition coefficient (Wildman–Crippen LogP) is 0.121. The van der Waals surface area contributed by atoms with Crippen LogP contribution in [0.1, 0.15) is 61.8 Å². The summed E-state index contributed by atoms with van der Waals surface area (Å²) < 4.78 is 36.1. The van der Waals surface area contributed by atoms with Crippen LogP contribution >= 0.6 is 12.4 Å². The molecule has 2 saturated carbocycles. The van der Waals surface area contributed by atoms with E-state index in [1.54, 1.807) is 27.7 Å². The molecule has 13 atom stereocenters. The van der Waals surface area contributed by atoms with Crippen LogP contribution in [-0.2, 0) is 52.4 Å². The van der Waals surface area contributed by atoms with E-state index in [4.69, 9.17) is 39.9 Å². The summed E-state index contributed by atoms with van der Waals surface area (Å²) in [6.07, 6.45) is -7.51. The SMILES string of the molecule is CC(C)C(N)C(=O)O[C@H]1C(=O)OC2OC34C(=O)OC5C[C@@H](C(C)(C)C)C21C53[C@@H](OC(=O)C(N)C(C)C)C1OC(=O)[C@@H](C)[C@@]14O.Cl. The number of rotatable bonds is 6. The molecular formula is C30H43ClN2O12. The van der Waals surface area contributed by atoms with Crippen molar-refractivity contribution in [3.05, 3.63) is 0 Å². The standard InChI is InChI=1S/C30H42N2O12.ClH/c1-10(2)15(31)21(34)40-17-18-29(38,12(5)20(33)41-18)30-24(37)39-14-9-13(26(6,7)8)27(28(14,17)30)19(23(36)43-25(27)44-30)42-22(35)16(32)11(3)4;/h10-19,25,38H,9,31-32H2,1-8H3;1H/t12-,13+,14?,15?,16?,17+,18?,19+,25?,27?,28?,29-,30?;/m1./s1. The molecule has 2 aliphatic carbocycles. The monoisotopic (exact) mass is 658 g/mol. The molecule has 0 radical (unpaired) electrons. The van der Waals surface area contributed by atoms with E-state index >= 15 is 0 Å². The van der Waals surface area contributed by atoms with Crippen LogP contribution < -0.4 is 11.5 Å². The van der Waals surface area contributed by atoms with Gasteiger partial charge in [-0.1, -0.05) is 48.5 Å². The molecule has 4 heterocycles. The van der Waals surface area contributed by atoms with Gasteiger partial charge >= 0.3 is 29.8 Å². The Morgan fingerprint density at radius 2 is 1.49 bits per heavy atom. The summed E-state index contributed by atoms with van der Waals surface area (Å²) in [7, 11) is 0. The summed E-state index contributed by atoms with van der Waals surface area (Å²) in [6.45, 7) is 13.9. The van der Waals surface area contributed by atoms with Crippen LogP contribution in [0.15, 0.2) is 0 Å².